The number of aryl methyl sites for hydroxylation is 1. The van der Waals surface area contributed by atoms with Gasteiger partial charge in [-0.05, 0) is 43.4 Å². The second-order valence-electron chi connectivity index (χ2n) is 4.65. The maximum Gasteiger partial charge on any atom is 0.325 e. The Hall–Kier alpha value is -1.36. The molecular formula is C13H16O4S. The first kappa shape index (κ1) is 13.1. The predicted molar refractivity (Wildman–Crippen MR) is 67.2 cm³/mol. The van der Waals surface area contributed by atoms with Gasteiger partial charge in [-0.3, -0.25) is 4.79 Å². The van der Waals surface area contributed by atoms with Crippen molar-refractivity contribution in [3.63, 3.8) is 0 Å². The van der Waals surface area contributed by atoms with Crippen LogP contribution >= 0.6 is 0 Å². The quantitative estimate of drug-likeness (QED) is 0.907. The highest BCUT2D eigenvalue weighted by molar-refractivity contribution is 7.93. The molecule has 1 aromatic rings. The average Bonchev–Trinajstić information content (AvgIpc) is 2.26. The van der Waals surface area contributed by atoms with E-state index in [9.17, 15) is 18.3 Å². The van der Waals surface area contributed by atoms with Gasteiger partial charge in [0, 0.05) is 0 Å². The maximum absolute atomic E-state index is 12.4. The van der Waals surface area contributed by atoms with E-state index in [-0.39, 0.29) is 17.7 Å². The molecule has 0 unspecified atom stereocenters. The lowest BCUT2D eigenvalue weighted by Gasteiger charge is -2.36. The van der Waals surface area contributed by atoms with E-state index in [0.29, 0.717) is 6.42 Å². The van der Waals surface area contributed by atoms with Crippen molar-refractivity contribution in [1.29, 1.82) is 0 Å². The summed E-state index contributed by atoms with van der Waals surface area (Å²) in [6.07, 6.45) is 1.89. The summed E-state index contributed by atoms with van der Waals surface area (Å²) in [5.41, 5.74) is 1.03. The van der Waals surface area contributed by atoms with Crippen molar-refractivity contribution in [3.8, 4) is 0 Å². The number of hydrogen-bond donors (Lipinski definition) is 1. The third kappa shape index (κ3) is 1.73. The lowest BCUT2D eigenvalue weighted by molar-refractivity contribution is -0.142. The molecule has 2 rings (SSSR count). The van der Waals surface area contributed by atoms with Gasteiger partial charge >= 0.3 is 5.97 Å². The van der Waals surface area contributed by atoms with Crippen molar-refractivity contribution in [2.75, 3.05) is 0 Å². The molecule has 1 aliphatic rings. The van der Waals surface area contributed by atoms with E-state index in [4.69, 9.17) is 0 Å². The summed E-state index contributed by atoms with van der Waals surface area (Å²) < 4.78 is 23.2. The van der Waals surface area contributed by atoms with E-state index in [2.05, 4.69) is 0 Å². The van der Waals surface area contributed by atoms with Crippen molar-refractivity contribution < 1.29 is 18.3 Å². The molecule has 0 spiro atoms. The Morgan fingerprint density at radius 3 is 2.17 bits per heavy atom. The van der Waals surface area contributed by atoms with Crippen molar-refractivity contribution in [2.45, 2.75) is 42.2 Å². The summed E-state index contributed by atoms with van der Waals surface area (Å²) >= 11 is 0. The monoisotopic (exact) mass is 268 g/mol. The molecule has 0 aromatic heterocycles. The van der Waals surface area contributed by atoms with Gasteiger partial charge in [-0.25, -0.2) is 8.42 Å². The Bertz CT molecular complexity index is 553. The second kappa shape index (κ2) is 4.39. The SMILES string of the molecule is CCc1ccc(S(=O)(=O)C2(C(=O)O)CCC2)cc1. The molecule has 0 atom stereocenters. The molecule has 0 aliphatic heterocycles. The minimum atomic E-state index is -3.79. The smallest absolute Gasteiger partial charge is 0.325 e. The molecule has 4 nitrogen and oxygen atoms in total. The Balaban J connectivity index is 2.44. The van der Waals surface area contributed by atoms with Gasteiger partial charge in [-0.15, -0.1) is 0 Å². The predicted octanol–water partition coefficient (Wildman–Crippen LogP) is 2.03. The molecule has 0 saturated heterocycles. The average molecular weight is 268 g/mol. The van der Waals surface area contributed by atoms with E-state index in [0.717, 1.165) is 12.0 Å². The molecule has 0 amide bonds. The Morgan fingerprint density at radius 1 is 1.28 bits per heavy atom. The largest absolute Gasteiger partial charge is 0.480 e. The van der Waals surface area contributed by atoms with Crippen LogP contribution in [-0.4, -0.2) is 24.2 Å². The van der Waals surface area contributed by atoms with Gasteiger partial charge in [-0.1, -0.05) is 19.1 Å². The molecule has 1 N–H and O–H groups in total. The summed E-state index contributed by atoms with van der Waals surface area (Å²) in [7, 11) is -3.79. The third-order valence-corrected chi connectivity index (χ3v) is 6.21. The van der Waals surface area contributed by atoms with Crippen LogP contribution in [0.4, 0.5) is 0 Å². The van der Waals surface area contributed by atoms with Gasteiger partial charge in [0.05, 0.1) is 4.90 Å². The van der Waals surface area contributed by atoms with Crippen LogP contribution < -0.4 is 0 Å². The van der Waals surface area contributed by atoms with Crippen LogP contribution in [0.3, 0.4) is 0 Å². The van der Waals surface area contributed by atoms with Crippen LogP contribution in [0.1, 0.15) is 31.7 Å². The van der Waals surface area contributed by atoms with Crippen LogP contribution in [0.5, 0.6) is 0 Å². The summed E-state index contributed by atoms with van der Waals surface area (Å²) in [4.78, 5) is 11.4. The lowest BCUT2D eigenvalue weighted by atomic mass is 9.84. The molecule has 18 heavy (non-hydrogen) atoms. The zero-order chi connectivity index (χ0) is 13.4. The molecule has 1 fully saturated rings. The van der Waals surface area contributed by atoms with Crippen LogP contribution in [-0.2, 0) is 21.1 Å². The number of carboxylic acids is 1. The first-order chi connectivity index (χ1) is 8.44. The van der Waals surface area contributed by atoms with Gasteiger partial charge in [0.25, 0.3) is 0 Å². The number of rotatable bonds is 4. The normalized spacial score (nSPS) is 18.1. The zero-order valence-corrected chi connectivity index (χ0v) is 11.0. The highest BCUT2D eigenvalue weighted by atomic mass is 32.2. The molecule has 1 aliphatic carbocycles. The zero-order valence-electron chi connectivity index (χ0n) is 10.2. The summed E-state index contributed by atoms with van der Waals surface area (Å²) in [6.45, 7) is 1.98. The van der Waals surface area contributed by atoms with E-state index >= 15 is 0 Å². The molecule has 5 heteroatoms. The Morgan fingerprint density at radius 2 is 1.83 bits per heavy atom. The van der Waals surface area contributed by atoms with Gasteiger partial charge in [0.1, 0.15) is 0 Å². The van der Waals surface area contributed by atoms with Crippen molar-refractivity contribution in [2.24, 2.45) is 0 Å². The lowest BCUT2D eigenvalue weighted by Crippen LogP contribution is -2.51. The van der Waals surface area contributed by atoms with Crippen LogP contribution in [0.2, 0.25) is 0 Å². The van der Waals surface area contributed by atoms with E-state index in [1.807, 2.05) is 6.92 Å². The first-order valence-corrected chi connectivity index (χ1v) is 7.49. The van der Waals surface area contributed by atoms with Crippen LogP contribution in [0.15, 0.2) is 29.2 Å². The van der Waals surface area contributed by atoms with Crippen molar-refractivity contribution in [3.05, 3.63) is 29.8 Å². The van der Waals surface area contributed by atoms with E-state index in [1.165, 1.54) is 12.1 Å². The number of benzene rings is 1. The first-order valence-electron chi connectivity index (χ1n) is 6.01. The molecule has 0 radical (unpaired) electrons. The number of carboxylic acid groups (broad SMARTS) is 1. The van der Waals surface area contributed by atoms with Gasteiger partial charge < -0.3 is 5.11 Å². The Labute approximate surface area is 107 Å². The number of sulfone groups is 1. The maximum atomic E-state index is 12.4. The highest BCUT2D eigenvalue weighted by Crippen LogP contribution is 2.43. The minimum absolute atomic E-state index is 0.113. The molecular weight excluding hydrogens is 252 g/mol. The Kier molecular flexibility index (Phi) is 3.19. The molecule has 0 bridgehead atoms. The molecule has 1 aromatic carbocycles. The fourth-order valence-corrected chi connectivity index (χ4v) is 4.23. The van der Waals surface area contributed by atoms with Gasteiger partial charge in [0.15, 0.2) is 14.6 Å². The number of aliphatic carboxylic acids is 1. The van der Waals surface area contributed by atoms with Crippen molar-refractivity contribution >= 4 is 15.8 Å². The molecule has 1 saturated carbocycles. The third-order valence-electron chi connectivity index (χ3n) is 3.71. The van der Waals surface area contributed by atoms with E-state index < -0.39 is 20.6 Å². The standard InChI is InChI=1S/C13H16O4S/c1-2-10-4-6-11(7-5-10)18(16,17)13(12(14)15)8-3-9-13/h4-7H,2-3,8-9H2,1H3,(H,14,15). The number of hydrogen-bond acceptors (Lipinski definition) is 3. The van der Waals surface area contributed by atoms with Crippen molar-refractivity contribution in [1.82, 2.24) is 0 Å². The molecule has 98 valence electrons. The topological polar surface area (TPSA) is 71.4 Å². The highest BCUT2D eigenvalue weighted by Gasteiger charge is 2.56. The van der Waals surface area contributed by atoms with Crippen LogP contribution in [0.25, 0.3) is 0 Å². The fraction of sp³-hybridized carbons (Fsp3) is 0.462. The van der Waals surface area contributed by atoms with Gasteiger partial charge in [0.2, 0.25) is 0 Å². The summed E-state index contributed by atoms with van der Waals surface area (Å²) in [5, 5.41) is 9.20. The van der Waals surface area contributed by atoms with Crippen LogP contribution in [0, 0.1) is 0 Å². The van der Waals surface area contributed by atoms with Gasteiger partial charge in [-0.2, -0.15) is 0 Å². The second-order valence-corrected chi connectivity index (χ2v) is 6.91. The minimum Gasteiger partial charge on any atom is -0.480 e. The summed E-state index contributed by atoms with van der Waals surface area (Å²) in [5.74, 6) is -1.23. The fourth-order valence-electron chi connectivity index (χ4n) is 2.23. The summed E-state index contributed by atoms with van der Waals surface area (Å²) in [6, 6.07) is 6.50. The number of carbonyl (C=O) groups is 1. The van der Waals surface area contributed by atoms with E-state index in [1.54, 1.807) is 12.1 Å². The molecule has 0 heterocycles.